The van der Waals surface area contributed by atoms with Crippen molar-refractivity contribution in [1.82, 2.24) is 0 Å². The Bertz CT molecular complexity index is 369. The van der Waals surface area contributed by atoms with Crippen LogP contribution in [0, 0.1) is 0 Å². The molecule has 16 heavy (non-hydrogen) atoms. The van der Waals surface area contributed by atoms with Crippen molar-refractivity contribution in [2.45, 2.75) is 30.9 Å². The van der Waals surface area contributed by atoms with Gasteiger partial charge in [0.1, 0.15) is 0 Å². The van der Waals surface area contributed by atoms with E-state index in [0.29, 0.717) is 11.5 Å². The molecule has 0 bridgehead atoms. The molecular weight excluding hydrogens is 215 g/mol. The van der Waals surface area contributed by atoms with Crippen molar-refractivity contribution < 1.29 is 13.2 Å². The quantitative estimate of drug-likeness (QED) is 0.846. The maximum Gasteiger partial charge on any atom is 0.396 e. The maximum absolute atomic E-state index is 12.7. The topological polar surface area (TPSA) is 26.0 Å². The zero-order chi connectivity index (χ0) is 11.8. The molecule has 2 rings (SSSR count). The highest BCUT2D eigenvalue weighted by Crippen LogP contribution is 2.42. The molecule has 1 aromatic rings. The minimum atomic E-state index is -4.25. The van der Waals surface area contributed by atoms with Gasteiger partial charge in [0.05, 0.1) is 5.92 Å². The van der Waals surface area contributed by atoms with E-state index in [0.717, 1.165) is 18.4 Å². The number of hydrogen-bond donors (Lipinski definition) is 1. The second kappa shape index (κ2) is 4.09. The van der Waals surface area contributed by atoms with Crippen LogP contribution in [-0.2, 0) is 0 Å². The smallest absolute Gasteiger partial charge is 0.330 e. The minimum absolute atomic E-state index is 0.291. The first-order valence-corrected chi connectivity index (χ1v) is 5.39. The lowest BCUT2D eigenvalue weighted by Crippen LogP contribution is -2.28. The van der Waals surface area contributed by atoms with Crippen LogP contribution in [0.4, 0.5) is 13.2 Å². The highest BCUT2D eigenvalue weighted by molar-refractivity contribution is 5.32. The number of halogens is 3. The Hall–Kier alpha value is -1.03. The molecule has 1 aliphatic carbocycles. The van der Waals surface area contributed by atoms with Gasteiger partial charge in [-0.3, -0.25) is 0 Å². The minimum Gasteiger partial charge on any atom is -0.330 e. The summed E-state index contributed by atoms with van der Waals surface area (Å²) in [5.74, 6) is -1.07. The Morgan fingerprint density at radius 2 is 2.00 bits per heavy atom. The molecule has 1 aliphatic rings. The largest absolute Gasteiger partial charge is 0.396 e. The van der Waals surface area contributed by atoms with Crippen LogP contribution < -0.4 is 5.73 Å². The Morgan fingerprint density at radius 3 is 2.50 bits per heavy atom. The third-order valence-corrected chi connectivity index (χ3v) is 2.99. The van der Waals surface area contributed by atoms with Gasteiger partial charge in [-0.25, -0.2) is 0 Å². The van der Waals surface area contributed by atoms with Crippen LogP contribution >= 0.6 is 0 Å². The van der Waals surface area contributed by atoms with E-state index in [2.05, 4.69) is 0 Å². The molecule has 0 amide bonds. The lowest BCUT2D eigenvalue weighted by atomic mass is 9.95. The van der Waals surface area contributed by atoms with Crippen LogP contribution in [0.2, 0.25) is 0 Å². The summed E-state index contributed by atoms with van der Waals surface area (Å²) in [4.78, 5) is 0. The van der Waals surface area contributed by atoms with Gasteiger partial charge in [0, 0.05) is 6.54 Å². The summed E-state index contributed by atoms with van der Waals surface area (Å²) < 4.78 is 38.0. The fourth-order valence-electron chi connectivity index (χ4n) is 1.91. The van der Waals surface area contributed by atoms with Crippen LogP contribution in [0.25, 0.3) is 0 Å². The monoisotopic (exact) mass is 229 g/mol. The summed E-state index contributed by atoms with van der Waals surface area (Å²) >= 11 is 0. The Kier molecular flexibility index (Phi) is 2.93. The van der Waals surface area contributed by atoms with Crippen LogP contribution in [0.5, 0.6) is 0 Å². The van der Waals surface area contributed by atoms with E-state index in [9.17, 15) is 13.2 Å². The summed E-state index contributed by atoms with van der Waals surface area (Å²) in [5, 5.41) is 0. The van der Waals surface area contributed by atoms with Gasteiger partial charge in [-0.2, -0.15) is 13.2 Å². The first-order chi connectivity index (χ1) is 7.52. The van der Waals surface area contributed by atoms with Gasteiger partial charge in [0.2, 0.25) is 0 Å². The molecular formula is C12H14F3N. The van der Waals surface area contributed by atoms with Crippen molar-refractivity contribution in [3.8, 4) is 0 Å². The van der Waals surface area contributed by atoms with Gasteiger partial charge < -0.3 is 5.73 Å². The molecule has 1 saturated carbocycles. The zero-order valence-electron chi connectivity index (χ0n) is 8.80. The van der Waals surface area contributed by atoms with E-state index < -0.39 is 18.6 Å². The SMILES string of the molecule is NCC(c1cccc(C2CC2)c1)C(F)(F)F. The standard InChI is InChI=1S/C12H14F3N/c13-12(14,15)11(7-16)10-3-1-2-9(6-10)8-4-5-8/h1-3,6,8,11H,4-5,7,16H2. The van der Waals surface area contributed by atoms with Crippen molar-refractivity contribution in [1.29, 1.82) is 0 Å². The molecule has 1 aromatic carbocycles. The third kappa shape index (κ3) is 2.38. The van der Waals surface area contributed by atoms with E-state index in [1.54, 1.807) is 12.1 Å². The van der Waals surface area contributed by atoms with Crippen LogP contribution in [-0.4, -0.2) is 12.7 Å². The average Bonchev–Trinajstić information content (AvgIpc) is 3.00. The normalized spacial score (nSPS) is 18.5. The van der Waals surface area contributed by atoms with Gasteiger partial charge >= 0.3 is 6.18 Å². The van der Waals surface area contributed by atoms with Gasteiger partial charge in [-0.1, -0.05) is 24.3 Å². The molecule has 0 saturated heterocycles. The molecule has 0 heterocycles. The number of alkyl halides is 3. The summed E-state index contributed by atoms with van der Waals surface area (Å²) in [7, 11) is 0. The number of hydrogen-bond acceptors (Lipinski definition) is 1. The Balaban J connectivity index is 2.27. The first-order valence-electron chi connectivity index (χ1n) is 5.39. The van der Waals surface area contributed by atoms with Crippen LogP contribution in [0.1, 0.15) is 35.8 Å². The Labute approximate surface area is 92.5 Å². The summed E-state index contributed by atoms with van der Waals surface area (Å²) in [5.41, 5.74) is 6.52. The van der Waals surface area contributed by atoms with Crippen LogP contribution in [0.15, 0.2) is 24.3 Å². The molecule has 0 spiro atoms. The van der Waals surface area contributed by atoms with E-state index in [1.807, 2.05) is 6.07 Å². The van der Waals surface area contributed by atoms with Crippen molar-refractivity contribution in [3.63, 3.8) is 0 Å². The van der Waals surface area contributed by atoms with Crippen molar-refractivity contribution >= 4 is 0 Å². The van der Waals surface area contributed by atoms with Gasteiger partial charge in [-0.05, 0) is 29.9 Å². The van der Waals surface area contributed by atoms with Crippen molar-refractivity contribution in [2.75, 3.05) is 6.54 Å². The predicted molar refractivity (Wildman–Crippen MR) is 56.3 cm³/mol. The zero-order valence-corrected chi connectivity index (χ0v) is 8.80. The summed E-state index contributed by atoms with van der Waals surface area (Å²) in [6.07, 6.45) is -2.08. The molecule has 0 radical (unpaired) electrons. The molecule has 4 heteroatoms. The van der Waals surface area contributed by atoms with E-state index in [4.69, 9.17) is 5.73 Å². The fourth-order valence-corrected chi connectivity index (χ4v) is 1.91. The second-order valence-corrected chi connectivity index (χ2v) is 4.27. The fraction of sp³-hybridized carbons (Fsp3) is 0.500. The number of rotatable bonds is 3. The Morgan fingerprint density at radius 1 is 1.31 bits per heavy atom. The van der Waals surface area contributed by atoms with Gasteiger partial charge in [0.25, 0.3) is 0 Å². The lowest BCUT2D eigenvalue weighted by Gasteiger charge is -2.19. The molecule has 1 unspecified atom stereocenters. The van der Waals surface area contributed by atoms with Crippen molar-refractivity contribution in [2.24, 2.45) is 5.73 Å². The molecule has 1 fully saturated rings. The van der Waals surface area contributed by atoms with E-state index in [-0.39, 0.29) is 0 Å². The highest BCUT2D eigenvalue weighted by Gasteiger charge is 2.40. The van der Waals surface area contributed by atoms with Gasteiger partial charge in [0.15, 0.2) is 0 Å². The number of nitrogens with two attached hydrogens (primary N) is 1. The average molecular weight is 229 g/mol. The first kappa shape index (κ1) is 11.5. The van der Waals surface area contributed by atoms with Gasteiger partial charge in [-0.15, -0.1) is 0 Å². The predicted octanol–water partition coefficient (Wildman–Crippen LogP) is 3.17. The molecule has 1 nitrogen and oxygen atoms in total. The molecule has 88 valence electrons. The van der Waals surface area contributed by atoms with Crippen molar-refractivity contribution in [3.05, 3.63) is 35.4 Å². The molecule has 2 N–H and O–H groups in total. The molecule has 0 aliphatic heterocycles. The van der Waals surface area contributed by atoms with E-state index >= 15 is 0 Å². The summed E-state index contributed by atoms with van der Waals surface area (Å²) in [6.45, 7) is -0.391. The van der Waals surface area contributed by atoms with E-state index in [1.165, 1.54) is 6.07 Å². The maximum atomic E-state index is 12.7. The third-order valence-electron chi connectivity index (χ3n) is 2.99. The summed E-state index contributed by atoms with van der Waals surface area (Å²) in [6, 6.07) is 6.75. The highest BCUT2D eigenvalue weighted by atomic mass is 19.4. The molecule has 1 atom stereocenters. The molecule has 0 aromatic heterocycles. The number of benzene rings is 1. The second-order valence-electron chi connectivity index (χ2n) is 4.27. The van der Waals surface area contributed by atoms with Crippen LogP contribution in [0.3, 0.4) is 0 Å². The lowest BCUT2D eigenvalue weighted by molar-refractivity contribution is -0.148.